The summed E-state index contributed by atoms with van der Waals surface area (Å²) in [6.07, 6.45) is 0. The Morgan fingerprint density at radius 1 is 0.885 bits per heavy atom. The van der Waals surface area contributed by atoms with Gasteiger partial charge in [-0.3, -0.25) is 4.84 Å². The average Bonchev–Trinajstić information content (AvgIpc) is 3.13. The minimum absolute atomic E-state index is 0. The van der Waals surface area contributed by atoms with E-state index in [0.29, 0.717) is 6.61 Å². The number of nitrogens with zero attached hydrogens (tertiary/aromatic N) is 2. The molecule has 0 aromatic heterocycles. The summed E-state index contributed by atoms with van der Waals surface area (Å²) in [7, 11) is 0. The predicted octanol–water partition coefficient (Wildman–Crippen LogP) is 4.35. The van der Waals surface area contributed by atoms with Gasteiger partial charge in [0.25, 0.3) is 0 Å². The van der Waals surface area contributed by atoms with Crippen LogP contribution in [0.5, 0.6) is 0 Å². The van der Waals surface area contributed by atoms with Gasteiger partial charge in [-0.1, -0.05) is 66.7 Å². The van der Waals surface area contributed by atoms with Gasteiger partial charge in [-0.15, -0.1) is 24.0 Å². The maximum absolute atomic E-state index is 5.90. The largest absolute Gasteiger partial charge is 0.350 e. The highest BCUT2D eigenvalue weighted by atomic mass is 127. The van der Waals surface area contributed by atoms with Gasteiger partial charge in [-0.05, 0) is 28.0 Å². The van der Waals surface area contributed by atoms with E-state index in [4.69, 9.17) is 4.84 Å². The summed E-state index contributed by atoms with van der Waals surface area (Å²) in [5, 5.41) is 7.77. The van der Waals surface area contributed by atoms with Crippen molar-refractivity contribution >= 4 is 40.7 Å². The Balaban J connectivity index is 0.00000196. The Morgan fingerprint density at radius 2 is 1.65 bits per heavy atom. The van der Waals surface area contributed by atoms with Crippen molar-refractivity contribution < 1.29 is 4.84 Å². The molecule has 0 atom stereocenters. The van der Waals surface area contributed by atoms with Crippen LogP contribution in [-0.2, 0) is 18.0 Å². The Hall–Kier alpha value is -2.12. The molecule has 0 aliphatic carbocycles. The number of halogens is 1. The molecular formula is C21H22IN3O. The number of nitrogens with one attached hydrogen (secondary N) is 1. The second kappa shape index (κ2) is 9.00. The standard InChI is InChI=1S/C21H21N3O.HI/c1-2-6-17(7-3-1)16-25-24-13-12-22-21(24)23-15-18-10-11-19-8-4-5-9-20(19)14-18;/h1-11,14H,12-13,15-16H2,(H,22,23);1H. The fourth-order valence-corrected chi connectivity index (χ4v) is 2.96. The molecule has 0 bridgehead atoms. The van der Waals surface area contributed by atoms with E-state index in [1.54, 1.807) is 0 Å². The van der Waals surface area contributed by atoms with Gasteiger partial charge in [0.2, 0.25) is 5.96 Å². The quantitative estimate of drug-likeness (QED) is 0.577. The van der Waals surface area contributed by atoms with Crippen LogP contribution in [0.3, 0.4) is 0 Å². The van der Waals surface area contributed by atoms with Gasteiger partial charge in [0.05, 0.1) is 13.1 Å². The first-order chi connectivity index (χ1) is 12.4. The van der Waals surface area contributed by atoms with Crippen molar-refractivity contribution in [1.29, 1.82) is 0 Å². The zero-order valence-corrected chi connectivity index (χ0v) is 16.8. The molecule has 4 nitrogen and oxygen atoms in total. The predicted molar refractivity (Wildman–Crippen MR) is 116 cm³/mol. The van der Waals surface area contributed by atoms with Crippen molar-refractivity contribution in [2.24, 2.45) is 4.99 Å². The monoisotopic (exact) mass is 459 g/mol. The van der Waals surface area contributed by atoms with Crippen LogP contribution in [0.15, 0.2) is 77.8 Å². The molecule has 26 heavy (non-hydrogen) atoms. The SMILES string of the molecule is I.c1ccc(CON2CCN=C2NCc2ccc3ccccc3c2)cc1. The maximum atomic E-state index is 5.90. The lowest BCUT2D eigenvalue weighted by Gasteiger charge is -2.20. The third-order valence-electron chi connectivity index (χ3n) is 4.30. The summed E-state index contributed by atoms with van der Waals surface area (Å²) in [5.74, 6) is 0.809. The molecular weight excluding hydrogens is 437 g/mol. The summed E-state index contributed by atoms with van der Waals surface area (Å²) >= 11 is 0. The van der Waals surface area contributed by atoms with Crippen molar-refractivity contribution in [2.45, 2.75) is 13.2 Å². The summed E-state index contributed by atoms with van der Waals surface area (Å²) in [6.45, 7) is 2.83. The fraction of sp³-hybridized carbons (Fsp3) is 0.190. The number of fused-ring (bicyclic) bond motifs is 1. The minimum Gasteiger partial charge on any atom is -0.350 e. The van der Waals surface area contributed by atoms with Crippen LogP contribution in [-0.4, -0.2) is 24.1 Å². The van der Waals surface area contributed by atoms with Gasteiger partial charge in [0, 0.05) is 6.54 Å². The maximum Gasteiger partial charge on any atom is 0.218 e. The number of hydroxylamine groups is 2. The van der Waals surface area contributed by atoms with E-state index in [1.165, 1.54) is 16.3 Å². The Labute approximate surface area is 170 Å². The highest BCUT2D eigenvalue weighted by Gasteiger charge is 2.17. The lowest BCUT2D eigenvalue weighted by Crippen LogP contribution is -2.37. The molecule has 5 heteroatoms. The smallest absolute Gasteiger partial charge is 0.218 e. The first-order valence-electron chi connectivity index (χ1n) is 8.59. The van der Waals surface area contributed by atoms with Crippen molar-refractivity contribution in [3.8, 4) is 0 Å². The van der Waals surface area contributed by atoms with E-state index in [1.807, 2.05) is 23.3 Å². The molecule has 0 spiro atoms. The van der Waals surface area contributed by atoms with E-state index >= 15 is 0 Å². The zero-order chi connectivity index (χ0) is 16.9. The first kappa shape index (κ1) is 18.7. The van der Waals surface area contributed by atoms with Crippen LogP contribution in [0.25, 0.3) is 10.8 Å². The molecule has 0 unspecified atom stereocenters. The Kier molecular flexibility index (Phi) is 6.46. The molecule has 1 N–H and O–H groups in total. The van der Waals surface area contributed by atoms with E-state index in [0.717, 1.165) is 31.2 Å². The molecule has 1 aliphatic rings. The number of guanidine groups is 1. The van der Waals surface area contributed by atoms with Gasteiger partial charge in [-0.2, -0.15) is 0 Å². The second-order valence-corrected chi connectivity index (χ2v) is 6.10. The molecule has 0 fully saturated rings. The van der Waals surface area contributed by atoms with Gasteiger partial charge < -0.3 is 5.32 Å². The van der Waals surface area contributed by atoms with Crippen LogP contribution >= 0.6 is 24.0 Å². The Morgan fingerprint density at radius 3 is 2.50 bits per heavy atom. The van der Waals surface area contributed by atoms with E-state index < -0.39 is 0 Å². The summed E-state index contributed by atoms with van der Waals surface area (Å²) in [5.41, 5.74) is 2.39. The topological polar surface area (TPSA) is 36.9 Å². The highest BCUT2D eigenvalue weighted by Crippen LogP contribution is 2.16. The van der Waals surface area contributed by atoms with Crippen LogP contribution in [0.4, 0.5) is 0 Å². The molecule has 1 heterocycles. The van der Waals surface area contributed by atoms with Gasteiger partial charge >= 0.3 is 0 Å². The number of aliphatic imine (C=N–C) groups is 1. The average molecular weight is 459 g/mol. The van der Waals surface area contributed by atoms with Gasteiger partial charge in [-0.25, -0.2) is 10.1 Å². The molecule has 0 amide bonds. The van der Waals surface area contributed by atoms with Gasteiger partial charge in [0.15, 0.2) is 0 Å². The minimum atomic E-state index is 0. The van der Waals surface area contributed by atoms with Crippen LogP contribution in [0, 0.1) is 0 Å². The molecule has 3 aromatic carbocycles. The van der Waals surface area contributed by atoms with E-state index in [9.17, 15) is 0 Å². The number of hydrogen-bond donors (Lipinski definition) is 1. The second-order valence-electron chi connectivity index (χ2n) is 6.10. The molecule has 0 saturated carbocycles. The lowest BCUT2D eigenvalue weighted by molar-refractivity contribution is -0.106. The number of benzene rings is 3. The van der Waals surface area contributed by atoms with Crippen molar-refractivity contribution in [3.05, 3.63) is 83.9 Å². The van der Waals surface area contributed by atoms with E-state index in [2.05, 4.69) is 64.9 Å². The van der Waals surface area contributed by atoms with Crippen molar-refractivity contribution in [3.63, 3.8) is 0 Å². The first-order valence-corrected chi connectivity index (χ1v) is 8.59. The lowest BCUT2D eigenvalue weighted by atomic mass is 10.1. The molecule has 3 aromatic rings. The van der Waals surface area contributed by atoms with Crippen LogP contribution in [0.2, 0.25) is 0 Å². The summed E-state index contributed by atoms with van der Waals surface area (Å²) in [4.78, 5) is 10.4. The zero-order valence-electron chi connectivity index (χ0n) is 14.5. The van der Waals surface area contributed by atoms with Crippen LogP contribution in [0.1, 0.15) is 11.1 Å². The fourth-order valence-electron chi connectivity index (χ4n) is 2.96. The molecule has 4 rings (SSSR count). The summed E-state index contributed by atoms with van der Waals surface area (Å²) in [6, 6.07) is 25.1. The summed E-state index contributed by atoms with van der Waals surface area (Å²) < 4.78 is 0. The number of rotatable bonds is 5. The highest BCUT2D eigenvalue weighted by molar-refractivity contribution is 14.0. The van der Waals surface area contributed by atoms with Crippen molar-refractivity contribution in [1.82, 2.24) is 10.4 Å². The molecule has 1 aliphatic heterocycles. The third-order valence-corrected chi connectivity index (χ3v) is 4.30. The Bertz CT molecular complexity index is 883. The van der Waals surface area contributed by atoms with E-state index in [-0.39, 0.29) is 24.0 Å². The number of hydrogen-bond acceptors (Lipinski definition) is 4. The molecule has 0 saturated heterocycles. The normalized spacial score (nSPS) is 13.4. The van der Waals surface area contributed by atoms with Gasteiger partial charge in [0.1, 0.15) is 6.61 Å². The molecule has 0 radical (unpaired) electrons. The van der Waals surface area contributed by atoms with Crippen molar-refractivity contribution in [2.75, 3.05) is 13.1 Å². The molecule has 134 valence electrons. The van der Waals surface area contributed by atoms with Crippen LogP contribution < -0.4 is 5.32 Å². The third kappa shape index (κ3) is 4.53.